The SMILES string of the molecule is CCNC(Cn1cc(C(C)C)cn1)C(N)=O. The largest absolute Gasteiger partial charge is 0.368 e. The van der Waals surface area contributed by atoms with Crippen LogP contribution in [0.25, 0.3) is 0 Å². The van der Waals surface area contributed by atoms with Crippen LogP contribution in [0.15, 0.2) is 12.4 Å². The summed E-state index contributed by atoms with van der Waals surface area (Å²) >= 11 is 0. The highest BCUT2D eigenvalue weighted by atomic mass is 16.1. The number of aromatic nitrogens is 2. The van der Waals surface area contributed by atoms with Crippen molar-refractivity contribution in [2.75, 3.05) is 6.54 Å². The highest BCUT2D eigenvalue weighted by Gasteiger charge is 2.15. The Morgan fingerprint density at radius 1 is 1.62 bits per heavy atom. The fourth-order valence-corrected chi connectivity index (χ4v) is 1.47. The monoisotopic (exact) mass is 224 g/mol. The first kappa shape index (κ1) is 12.7. The second-order valence-electron chi connectivity index (χ2n) is 4.16. The summed E-state index contributed by atoms with van der Waals surface area (Å²) in [5.74, 6) is 0.100. The Kier molecular flexibility index (Phi) is 4.49. The van der Waals surface area contributed by atoms with Crippen molar-refractivity contribution in [3.63, 3.8) is 0 Å². The third kappa shape index (κ3) is 3.34. The second kappa shape index (κ2) is 5.65. The average molecular weight is 224 g/mol. The van der Waals surface area contributed by atoms with Gasteiger partial charge in [-0.15, -0.1) is 0 Å². The van der Waals surface area contributed by atoms with E-state index in [9.17, 15) is 4.79 Å². The molecule has 0 fully saturated rings. The Morgan fingerprint density at radius 3 is 2.75 bits per heavy atom. The van der Waals surface area contributed by atoms with Gasteiger partial charge in [-0.3, -0.25) is 9.48 Å². The molecule has 0 aliphatic rings. The number of carbonyl (C=O) groups excluding carboxylic acids is 1. The lowest BCUT2D eigenvalue weighted by atomic mass is 10.1. The van der Waals surface area contributed by atoms with Gasteiger partial charge < -0.3 is 11.1 Å². The number of primary amides is 1. The summed E-state index contributed by atoms with van der Waals surface area (Å²) in [6.45, 7) is 7.36. The Balaban J connectivity index is 2.66. The van der Waals surface area contributed by atoms with E-state index in [0.717, 1.165) is 0 Å². The zero-order chi connectivity index (χ0) is 12.1. The van der Waals surface area contributed by atoms with Gasteiger partial charge in [0.05, 0.1) is 12.7 Å². The molecule has 1 atom stereocenters. The molecule has 1 aromatic heterocycles. The molecule has 3 N–H and O–H groups in total. The maximum Gasteiger partial charge on any atom is 0.236 e. The van der Waals surface area contributed by atoms with Gasteiger partial charge >= 0.3 is 0 Å². The molecule has 1 rings (SSSR count). The van der Waals surface area contributed by atoms with Gasteiger partial charge in [-0.25, -0.2) is 0 Å². The van der Waals surface area contributed by atoms with Gasteiger partial charge in [-0.2, -0.15) is 5.10 Å². The minimum absolute atomic E-state index is 0.344. The smallest absolute Gasteiger partial charge is 0.236 e. The molecule has 1 amide bonds. The maximum atomic E-state index is 11.2. The van der Waals surface area contributed by atoms with Crippen molar-refractivity contribution in [1.82, 2.24) is 15.1 Å². The number of hydrogen-bond acceptors (Lipinski definition) is 3. The van der Waals surface area contributed by atoms with Gasteiger partial charge in [-0.1, -0.05) is 20.8 Å². The number of rotatable bonds is 6. The summed E-state index contributed by atoms with van der Waals surface area (Å²) in [4.78, 5) is 11.2. The summed E-state index contributed by atoms with van der Waals surface area (Å²) in [7, 11) is 0. The lowest BCUT2D eigenvalue weighted by Crippen LogP contribution is -2.44. The highest BCUT2D eigenvalue weighted by molar-refractivity contribution is 5.79. The quantitative estimate of drug-likeness (QED) is 0.737. The molecular formula is C11H20N4O. The summed E-state index contributed by atoms with van der Waals surface area (Å²) in [6.07, 6.45) is 3.78. The zero-order valence-corrected chi connectivity index (χ0v) is 10.1. The van der Waals surface area contributed by atoms with Crippen LogP contribution in [0.4, 0.5) is 0 Å². The summed E-state index contributed by atoms with van der Waals surface area (Å²) in [5.41, 5.74) is 6.46. The molecule has 90 valence electrons. The summed E-state index contributed by atoms with van der Waals surface area (Å²) in [5, 5.41) is 7.24. The van der Waals surface area contributed by atoms with Crippen molar-refractivity contribution in [2.24, 2.45) is 5.73 Å². The molecule has 0 aliphatic carbocycles. The van der Waals surface area contributed by atoms with E-state index >= 15 is 0 Å². The van der Waals surface area contributed by atoms with Gasteiger partial charge in [0.25, 0.3) is 0 Å². The van der Waals surface area contributed by atoms with Crippen LogP contribution in [0, 0.1) is 0 Å². The van der Waals surface area contributed by atoms with Crippen LogP contribution in [0.5, 0.6) is 0 Å². The van der Waals surface area contributed by atoms with Gasteiger partial charge in [0, 0.05) is 6.20 Å². The summed E-state index contributed by atoms with van der Waals surface area (Å²) < 4.78 is 1.76. The van der Waals surface area contributed by atoms with E-state index in [2.05, 4.69) is 24.3 Å². The highest BCUT2D eigenvalue weighted by Crippen LogP contribution is 2.12. The van der Waals surface area contributed by atoms with E-state index in [-0.39, 0.29) is 11.9 Å². The normalized spacial score (nSPS) is 13.0. The van der Waals surface area contributed by atoms with Crippen LogP contribution in [-0.4, -0.2) is 28.3 Å². The summed E-state index contributed by atoms with van der Waals surface area (Å²) in [6, 6.07) is -0.357. The van der Waals surface area contributed by atoms with Crippen molar-refractivity contribution in [3.8, 4) is 0 Å². The topological polar surface area (TPSA) is 72.9 Å². The molecule has 5 nitrogen and oxygen atoms in total. The van der Waals surface area contributed by atoms with E-state index in [0.29, 0.717) is 19.0 Å². The maximum absolute atomic E-state index is 11.2. The van der Waals surface area contributed by atoms with Crippen molar-refractivity contribution in [1.29, 1.82) is 0 Å². The first-order chi connectivity index (χ1) is 7.54. The number of nitrogens with one attached hydrogen (secondary N) is 1. The van der Waals surface area contributed by atoms with Gasteiger partial charge in [0.1, 0.15) is 6.04 Å². The molecule has 0 saturated heterocycles. The average Bonchev–Trinajstić information content (AvgIpc) is 2.65. The van der Waals surface area contributed by atoms with E-state index < -0.39 is 0 Å². The lowest BCUT2D eigenvalue weighted by molar-refractivity contribution is -0.120. The van der Waals surface area contributed by atoms with Crippen LogP contribution in [0.2, 0.25) is 0 Å². The molecule has 0 spiro atoms. The first-order valence-electron chi connectivity index (χ1n) is 5.59. The van der Waals surface area contributed by atoms with E-state index in [1.165, 1.54) is 5.56 Å². The van der Waals surface area contributed by atoms with Crippen molar-refractivity contribution in [3.05, 3.63) is 18.0 Å². The Labute approximate surface area is 96.0 Å². The van der Waals surface area contributed by atoms with Crippen LogP contribution < -0.4 is 11.1 Å². The van der Waals surface area contributed by atoms with E-state index in [1.54, 1.807) is 4.68 Å². The minimum Gasteiger partial charge on any atom is -0.368 e. The molecule has 1 unspecified atom stereocenters. The lowest BCUT2D eigenvalue weighted by Gasteiger charge is -2.13. The van der Waals surface area contributed by atoms with Crippen LogP contribution in [-0.2, 0) is 11.3 Å². The standard InChI is InChI=1S/C11H20N4O/c1-4-13-10(11(12)16)7-15-6-9(5-14-15)8(2)3/h5-6,8,10,13H,4,7H2,1-3H3,(H2,12,16). The van der Waals surface area contributed by atoms with Crippen LogP contribution in [0.3, 0.4) is 0 Å². The van der Waals surface area contributed by atoms with Gasteiger partial charge in [0.2, 0.25) is 5.91 Å². The second-order valence-corrected chi connectivity index (χ2v) is 4.16. The first-order valence-corrected chi connectivity index (χ1v) is 5.59. The molecule has 0 aliphatic heterocycles. The fraction of sp³-hybridized carbons (Fsp3) is 0.636. The number of nitrogens with two attached hydrogens (primary N) is 1. The molecular weight excluding hydrogens is 204 g/mol. The number of nitrogens with zero attached hydrogens (tertiary/aromatic N) is 2. The predicted octanol–water partition coefficient (Wildman–Crippen LogP) is 0.470. The number of hydrogen-bond donors (Lipinski definition) is 2. The Bertz CT molecular complexity index is 346. The molecule has 0 saturated carbocycles. The predicted molar refractivity (Wildman–Crippen MR) is 63.0 cm³/mol. The van der Waals surface area contributed by atoms with Crippen LogP contribution in [0.1, 0.15) is 32.3 Å². The van der Waals surface area contributed by atoms with Crippen molar-refractivity contribution < 1.29 is 4.79 Å². The molecule has 16 heavy (non-hydrogen) atoms. The van der Waals surface area contributed by atoms with E-state index in [4.69, 9.17) is 5.73 Å². The third-order valence-electron chi connectivity index (χ3n) is 2.48. The molecule has 5 heteroatoms. The minimum atomic E-state index is -0.357. The van der Waals surface area contributed by atoms with Gasteiger partial charge in [-0.05, 0) is 18.0 Å². The molecule has 0 radical (unpaired) electrons. The van der Waals surface area contributed by atoms with Crippen LogP contribution >= 0.6 is 0 Å². The number of carbonyl (C=O) groups is 1. The fourth-order valence-electron chi connectivity index (χ4n) is 1.47. The molecule has 1 aromatic rings. The zero-order valence-electron chi connectivity index (χ0n) is 10.1. The Morgan fingerprint density at radius 2 is 2.31 bits per heavy atom. The molecule has 0 bridgehead atoms. The van der Waals surface area contributed by atoms with Crippen molar-refractivity contribution in [2.45, 2.75) is 39.3 Å². The van der Waals surface area contributed by atoms with Crippen molar-refractivity contribution >= 4 is 5.91 Å². The molecule has 0 aromatic carbocycles. The third-order valence-corrected chi connectivity index (χ3v) is 2.48. The Hall–Kier alpha value is -1.36. The number of amides is 1. The van der Waals surface area contributed by atoms with Gasteiger partial charge in [0.15, 0.2) is 0 Å². The molecule has 1 heterocycles. The number of likely N-dealkylation sites (N-methyl/N-ethyl adjacent to an activating group) is 1. The van der Waals surface area contributed by atoms with E-state index in [1.807, 2.05) is 19.3 Å².